The number of likely N-dealkylation sites (N-methyl/N-ethyl adjacent to an activating group) is 1. The maximum absolute atomic E-state index is 12.7. The van der Waals surface area contributed by atoms with Crippen LogP contribution < -0.4 is 5.32 Å². The highest BCUT2D eigenvalue weighted by atomic mass is 35.5. The fourth-order valence-electron chi connectivity index (χ4n) is 3.23. The van der Waals surface area contributed by atoms with E-state index in [9.17, 15) is 9.59 Å². The molecule has 0 bridgehead atoms. The standard InChI is InChI=1S/C22H29ClN4O2/c1-5-26(21(29)15-7-6-8-15)14-20(28)24-19-13-18(22(2,3)4)25-27(19)17-11-9-16(23)10-12-17/h9-13,15H,5-8,14H2,1-4H3,(H,24,28). The number of rotatable bonds is 6. The van der Waals surface area contributed by atoms with Gasteiger partial charge in [0.25, 0.3) is 0 Å². The number of anilines is 1. The van der Waals surface area contributed by atoms with Gasteiger partial charge in [0.2, 0.25) is 11.8 Å². The Morgan fingerprint density at radius 2 is 1.90 bits per heavy atom. The van der Waals surface area contributed by atoms with Gasteiger partial charge in [-0.2, -0.15) is 5.10 Å². The quantitative estimate of drug-likeness (QED) is 0.758. The minimum atomic E-state index is -0.227. The Bertz CT molecular complexity index is 879. The molecule has 7 heteroatoms. The molecule has 2 amide bonds. The molecule has 1 aliphatic rings. The Labute approximate surface area is 177 Å². The molecule has 1 aliphatic carbocycles. The fraction of sp³-hybridized carbons (Fsp3) is 0.500. The van der Waals surface area contributed by atoms with Gasteiger partial charge in [0.05, 0.1) is 17.9 Å². The Morgan fingerprint density at radius 3 is 2.41 bits per heavy atom. The van der Waals surface area contributed by atoms with Gasteiger partial charge < -0.3 is 10.2 Å². The summed E-state index contributed by atoms with van der Waals surface area (Å²) in [5.74, 6) is 0.509. The van der Waals surface area contributed by atoms with E-state index < -0.39 is 0 Å². The molecule has 0 saturated heterocycles. The minimum absolute atomic E-state index is 0.0441. The molecule has 29 heavy (non-hydrogen) atoms. The van der Waals surface area contributed by atoms with Crippen molar-refractivity contribution in [1.82, 2.24) is 14.7 Å². The van der Waals surface area contributed by atoms with Gasteiger partial charge >= 0.3 is 0 Å². The largest absolute Gasteiger partial charge is 0.333 e. The van der Waals surface area contributed by atoms with Crippen molar-refractivity contribution in [2.75, 3.05) is 18.4 Å². The van der Waals surface area contributed by atoms with Crippen molar-refractivity contribution in [1.29, 1.82) is 0 Å². The number of hydrogen-bond acceptors (Lipinski definition) is 3. The molecule has 6 nitrogen and oxygen atoms in total. The summed E-state index contributed by atoms with van der Waals surface area (Å²) in [6, 6.07) is 9.18. The lowest BCUT2D eigenvalue weighted by Gasteiger charge is -2.30. The molecule has 0 atom stereocenters. The molecule has 1 N–H and O–H groups in total. The zero-order chi connectivity index (χ0) is 21.2. The van der Waals surface area contributed by atoms with Crippen molar-refractivity contribution in [2.24, 2.45) is 5.92 Å². The molecular formula is C22H29ClN4O2. The van der Waals surface area contributed by atoms with Crippen LogP contribution in [0, 0.1) is 5.92 Å². The van der Waals surface area contributed by atoms with Gasteiger partial charge in [-0.1, -0.05) is 38.8 Å². The highest BCUT2D eigenvalue weighted by Crippen LogP contribution is 2.29. The van der Waals surface area contributed by atoms with Crippen molar-refractivity contribution in [2.45, 2.75) is 52.4 Å². The molecule has 0 aliphatic heterocycles. The molecule has 0 unspecified atom stereocenters. The van der Waals surface area contributed by atoms with Crippen LogP contribution in [-0.4, -0.2) is 39.6 Å². The van der Waals surface area contributed by atoms with Crippen LogP contribution in [0.4, 0.5) is 5.82 Å². The highest BCUT2D eigenvalue weighted by Gasteiger charge is 2.30. The van der Waals surface area contributed by atoms with Crippen molar-refractivity contribution >= 4 is 29.2 Å². The predicted octanol–water partition coefficient (Wildman–Crippen LogP) is 4.41. The van der Waals surface area contributed by atoms with E-state index in [1.165, 1.54) is 0 Å². The number of carbonyl (C=O) groups excluding carboxylic acids is 2. The molecule has 1 saturated carbocycles. The monoisotopic (exact) mass is 416 g/mol. The first-order valence-corrected chi connectivity index (χ1v) is 10.5. The van der Waals surface area contributed by atoms with Crippen LogP contribution in [0.3, 0.4) is 0 Å². The lowest BCUT2D eigenvalue weighted by Crippen LogP contribution is -2.43. The van der Waals surface area contributed by atoms with Gasteiger partial charge in [0, 0.05) is 29.0 Å². The first-order valence-electron chi connectivity index (χ1n) is 10.1. The van der Waals surface area contributed by atoms with Crippen LogP contribution in [0.1, 0.15) is 52.7 Å². The van der Waals surface area contributed by atoms with E-state index in [4.69, 9.17) is 16.7 Å². The summed E-state index contributed by atoms with van der Waals surface area (Å²) in [6.07, 6.45) is 2.94. The number of carbonyl (C=O) groups is 2. The second kappa shape index (κ2) is 8.57. The highest BCUT2D eigenvalue weighted by molar-refractivity contribution is 6.30. The van der Waals surface area contributed by atoms with Crippen molar-refractivity contribution in [3.63, 3.8) is 0 Å². The van der Waals surface area contributed by atoms with Crippen molar-refractivity contribution in [3.8, 4) is 5.69 Å². The van der Waals surface area contributed by atoms with E-state index in [0.717, 1.165) is 30.6 Å². The number of hydrogen-bond donors (Lipinski definition) is 1. The van der Waals surface area contributed by atoms with E-state index in [0.29, 0.717) is 17.4 Å². The molecule has 1 fully saturated rings. The average Bonchev–Trinajstić information content (AvgIpc) is 3.02. The molecule has 2 aromatic rings. The molecule has 0 spiro atoms. The Hall–Kier alpha value is -2.34. The lowest BCUT2D eigenvalue weighted by molar-refractivity contribution is -0.140. The summed E-state index contributed by atoms with van der Waals surface area (Å²) < 4.78 is 1.71. The van der Waals surface area contributed by atoms with E-state index >= 15 is 0 Å². The third kappa shape index (κ3) is 4.99. The summed E-state index contributed by atoms with van der Waals surface area (Å²) in [5, 5.41) is 8.28. The van der Waals surface area contributed by atoms with Crippen LogP contribution in [-0.2, 0) is 15.0 Å². The molecule has 1 aromatic carbocycles. The van der Waals surface area contributed by atoms with Crippen molar-refractivity contribution in [3.05, 3.63) is 41.0 Å². The molecule has 1 aromatic heterocycles. The smallest absolute Gasteiger partial charge is 0.245 e. The number of aromatic nitrogens is 2. The maximum Gasteiger partial charge on any atom is 0.245 e. The van der Waals surface area contributed by atoms with Crippen molar-refractivity contribution < 1.29 is 9.59 Å². The molecule has 0 radical (unpaired) electrons. The summed E-state index contributed by atoms with van der Waals surface area (Å²) in [5.41, 5.74) is 1.49. The van der Waals surface area contributed by atoms with Gasteiger partial charge in [-0.3, -0.25) is 9.59 Å². The number of amides is 2. The topological polar surface area (TPSA) is 67.2 Å². The van der Waals surface area contributed by atoms with Crippen LogP contribution in [0.5, 0.6) is 0 Å². The fourth-order valence-corrected chi connectivity index (χ4v) is 3.36. The summed E-state index contributed by atoms with van der Waals surface area (Å²) >= 11 is 6.01. The van der Waals surface area contributed by atoms with Gasteiger partial charge in [-0.25, -0.2) is 4.68 Å². The molecule has 1 heterocycles. The molecular weight excluding hydrogens is 388 g/mol. The van der Waals surface area contributed by atoms with Gasteiger partial charge in [-0.15, -0.1) is 0 Å². The Morgan fingerprint density at radius 1 is 1.24 bits per heavy atom. The van der Waals surface area contributed by atoms with Crippen LogP contribution >= 0.6 is 11.6 Å². The predicted molar refractivity (Wildman–Crippen MR) is 115 cm³/mol. The summed E-state index contributed by atoms with van der Waals surface area (Å²) in [6.45, 7) is 8.68. The molecule has 156 valence electrons. The minimum Gasteiger partial charge on any atom is -0.333 e. The average molecular weight is 417 g/mol. The van der Waals surface area contributed by atoms with Crippen LogP contribution in [0.15, 0.2) is 30.3 Å². The number of halogens is 1. The maximum atomic E-state index is 12.7. The van der Waals surface area contributed by atoms with E-state index in [-0.39, 0.29) is 29.7 Å². The zero-order valence-corrected chi connectivity index (χ0v) is 18.3. The second-order valence-corrected chi connectivity index (χ2v) is 9.02. The first-order chi connectivity index (χ1) is 13.7. The van der Waals surface area contributed by atoms with Gasteiger partial charge in [0.1, 0.15) is 5.82 Å². The van der Waals surface area contributed by atoms with E-state index in [1.807, 2.05) is 25.1 Å². The van der Waals surface area contributed by atoms with Gasteiger partial charge in [0.15, 0.2) is 0 Å². The number of nitrogens with one attached hydrogen (secondary N) is 1. The zero-order valence-electron chi connectivity index (χ0n) is 17.5. The second-order valence-electron chi connectivity index (χ2n) is 8.58. The number of benzene rings is 1. The summed E-state index contributed by atoms with van der Waals surface area (Å²) in [7, 11) is 0. The third-order valence-corrected chi connectivity index (χ3v) is 5.55. The summed E-state index contributed by atoms with van der Waals surface area (Å²) in [4.78, 5) is 26.9. The lowest BCUT2D eigenvalue weighted by atomic mass is 9.84. The van der Waals surface area contributed by atoms with E-state index in [2.05, 4.69) is 26.1 Å². The normalized spacial score (nSPS) is 14.4. The SMILES string of the molecule is CCN(CC(=O)Nc1cc(C(C)(C)C)nn1-c1ccc(Cl)cc1)C(=O)C1CCC1. The molecule has 3 rings (SSSR count). The van der Waals surface area contributed by atoms with E-state index in [1.54, 1.807) is 21.7 Å². The Balaban J connectivity index is 1.81. The first kappa shape index (κ1) is 21.4. The Kier molecular flexibility index (Phi) is 6.32. The van der Waals surface area contributed by atoms with Crippen LogP contribution in [0.2, 0.25) is 5.02 Å². The van der Waals surface area contributed by atoms with Crippen LogP contribution in [0.25, 0.3) is 5.69 Å². The van der Waals surface area contributed by atoms with Gasteiger partial charge in [-0.05, 0) is 44.0 Å². The third-order valence-electron chi connectivity index (χ3n) is 5.30. The number of nitrogens with zero attached hydrogens (tertiary/aromatic N) is 3.